The van der Waals surface area contributed by atoms with E-state index in [2.05, 4.69) is 24.1 Å². The lowest BCUT2D eigenvalue weighted by atomic mass is 10.0. The van der Waals surface area contributed by atoms with Crippen molar-refractivity contribution in [3.63, 3.8) is 0 Å². The Morgan fingerprint density at radius 1 is 1.25 bits per heavy atom. The van der Waals surface area contributed by atoms with Gasteiger partial charge >= 0.3 is 0 Å². The molecule has 1 aliphatic heterocycles. The molecule has 2 fully saturated rings. The largest absolute Gasteiger partial charge is 0.337 e. The molecule has 1 heterocycles. The maximum Gasteiger partial charge on any atom is 0.226 e. The van der Waals surface area contributed by atoms with E-state index in [0.717, 1.165) is 25.9 Å². The van der Waals surface area contributed by atoms with Crippen molar-refractivity contribution in [3.8, 4) is 0 Å². The van der Waals surface area contributed by atoms with Crippen molar-refractivity contribution < 1.29 is 4.79 Å². The van der Waals surface area contributed by atoms with Crippen molar-refractivity contribution in [3.05, 3.63) is 0 Å². The van der Waals surface area contributed by atoms with E-state index < -0.39 is 0 Å². The van der Waals surface area contributed by atoms with Gasteiger partial charge in [0.15, 0.2) is 0 Å². The lowest BCUT2D eigenvalue weighted by Crippen LogP contribution is -2.58. The predicted octanol–water partition coefficient (Wildman–Crippen LogP) is 1.81. The van der Waals surface area contributed by atoms with Crippen LogP contribution >= 0.6 is 12.4 Å². The Hall–Kier alpha value is -0.280. The fraction of sp³-hybridized carbons (Fsp3) is 0.917. The van der Waals surface area contributed by atoms with Gasteiger partial charge in [-0.3, -0.25) is 4.79 Å². The van der Waals surface area contributed by atoms with E-state index in [4.69, 9.17) is 0 Å². The number of rotatable bonds is 1. The Morgan fingerprint density at radius 3 is 2.50 bits per heavy atom. The van der Waals surface area contributed by atoms with Crippen LogP contribution in [0.2, 0.25) is 0 Å². The Morgan fingerprint density at radius 2 is 1.88 bits per heavy atom. The third kappa shape index (κ3) is 2.69. The molecule has 1 saturated heterocycles. The number of hydrogen-bond donors (Lipinski definition) is 1. The molecular weight excluding hydrogens is 224 g/mol. The number of nitrogens with zero attached hydrogens (tertiary/aromatic N) is 1. The highest BCUT2D eigenvalue weighted by molar-refractivity contribution is 5.85. The third-order valence-electron chi connectivity index (χ3n) is 4.02. The third-order valence-corrected chi connectivity index (χ3v) is 4.02. The van der Waals surface area contributed by atoms with Gasteiger partial charge in [0.1, 0.15) is 0 Å². The molecule has 16 heavy (non-hydrogen) atoms. The van der Waals surface area contributed by atoms with E-state index in [-0.39, 0.29) is 12.4 Å². The summed E-state index contributed by atoms with van der Waals surface area (Å²) in [5, 5.41) is 3.41. The Kier molecular flexibility index (Phi) is 5.06. The summed E-state index contributed by atoms with van der Waals surface area (Å²) in [7, 11) is 0. The van der Waals surface area contributed by atoms with E-state index in [0.29, 0.717) is 23.9 Å². The minimum absolute atomic E-state index is 0. The van der Waals surface area contributed by atoms with Crippen molar-refractivity contribution in [2.45, 2.75) is 51.6 Å². The second-order valence-electron chi connectivity index (χ2n) is 5.00. The quantitative estimate of drug-likeness (QED) is 0.766. The molecule has 2 atom stereocenters. The van der Waals surface area contributed by atoms with Crippen molar-refractivity contribution in [1.29, 1.82) is 0 Å². The summed E-state index contributed by atoms with van der Waals surface area (Å²) < 4.78 is 0. The molecule has 1 amide bonds. The van der Waals surface area contributed by atoms with Gasteiger partial charge in [-0.15, -0.1) is 12.4 Å². The van der Waals surface area contributed by atoms with Gasteiger partial charge in [0.05, 0.1) is 0 Å². The van der Waals surface area contributed by atoms with Crippen LogP contribution in [-0.4, -0.2) is 36.0 Å². The molecule has 3 nitrogen and oxygen atoms in total. The average molecular weight is 247 g/mol. The van der Waals surface area contributed by atoms with E-state index in [1.807, 2.05) is 0 Å². The van der Waals surface area contributed by atoms with E-state index in [9.17, 15) is 4.79 Å². The summed E-state index contributed by atoms with van der Waals surface area (Å²) >= 11 is 0. The number of nitrogens with one attached hydrogen (secondary N) is 1. The van der Waals surface area contributed by atoms with Gasteiger partial charge in [-0.05, 0) is 26.7 Å². The van der Waals surface area contributed by atoms with Gasteiger partial charge in [0.2, 0.25) is 5.91 Å². The molecule has 1 aliphatic carbocycles. The first-order valence-corrected chi connectivity index (χ1v) is 6.24. The predicted molar refractivity (Wildman–Crippen MR) is 67.8 cm³/mol. The minimum Gasteiger partial charge on any atom is -0.337 e. The zero-order chi connectivity index (χ0) is 10.8. The van der Waals surface area contributed by atoms with Crippen LogP contribution in [0.25, 0.3) is 0 Å². The van der Waals surface area contributed by atoms with Crippen LogP contribution < -0.4 is 5.32 Å². The normalized spacial score (nSPS) is 31.2. The van der Waals surface area contributed by atoms with Gasteiger partial charge in [-0.25, -0.2) is 0 Å². The molecule has 0 aromatic heterocycles. The maximum absolute atomic E-state index is 12.3. The molecule has 1 saturated carbocycles. The first-order chi connectivity index (χ1) is 7.20. The molecule has 1 N–H and O–H groups in total. The van der Waals surface area contributed by atoms with Crippen molar-refractivity contribution in [2.24, 2.45) is 5.92 Å². The summed E-state index contributed by atoms with van der Waals surface area (Å²) in [5.41, 5.74) is 0. The molecule has 2 aliphatic rings. The highest BCUT2D eigenvalue weighted by atomic mass is 35.5. The number of hydrogen-bond acceptors (Lipinski definition) is 2. The van der Waals surface area contributed by atoms with Gasteiger partial charge in [-0.2, -0.15) is 0 Å². The van der Waals surface area contributed by atoms with Crippen LogP contribution in [0.1, 0.15) is 39.5 Å². The highest BCUT2D eigenvalue weighted by Gasteiger charge is 2.33. The lowest BCUT2D eigenvalue weighted by Gasteiger charge is -2.39. The summed E-state index contributed by atoms with van der Waals surface area (Å²) in [4.78, 5) is 14.3. The topological polar surface area (TPSA) is 32.3 Å². The van der Waals surface area contributed by atoms with Crippen LogP contribution in [0, 0.1) is 5.92 Å². The Labute approximate surface area is 104 Å². The molecule has 94 valence electrons. The standard InChI is InChI=1S/C12H22N2O.ClH/c1-9-10(2)14(8-7-13-9)12(15)11-5-3-4-6-11;/h9-11,13H,3-8H2,1-2H3;1H. The van der Waals surface area contributed by atoms with Crippen LogP contribution in [0.15, 0.2) is 0 Å². The van der Waals surface area contributed by atoms with Crippen LogP contribution in [0.3, 0.4) is 0 Å². The van der Waals surface area contributed by atoms with Crippen LogP contribution in [0.4, 0.5) is 0 Å². The Balaban J connectivity index is 0.00000128. The summed E-state index contributed by atoms with van der Waals surface area (Å²) in [6.45, 7) is 6.16. The second kappa shape index (κ2) is 5.87. The fourth-order valence-corrected chi connectivity index (χ4v) is 2.77. The molecule has 2 rings (SSSR count). The lowest BCUT2D eigenvalue weighted by molar-refractivity contribution is -0.139. The van der Waals surface area contributed by atoms with Crippen molar-refractivity contribution >= 4 is 18.3 Å². The van der Waals surface area contributed by atoms with Gasteiger partial charge in [0.25, 0.3) is 0 Å². The molecule has 0 aromatic rings. The molecule has 4 heteroatoms. The van der Waals surface area contributed by atoms with Gasteiger partial charge in [-0.1, -0.05) is 12.8 Å². The average Bonchev–Trinajstić information content (AvgIpc) is 2.74. The van der Waals surface area contributed by atoms with E-state index in [1.54, 1.807) is 0 Å². The zero-order valence-corrected chi connectivity index (χ0v) is 11.1. The van der Waals surface area contributed by atoms with Crippen LogP contribution in [-0.2, 0) is 4.79 Å². The summed E-state index contributed by atoms with van der Waals surface area (Å²) in [5.74, 6) is 0.742. The number of carbonyl (C=O) groups excluding carboxylic acids is 1. The first kappa shape index (κ1) is 13.8. The zero-order valence-electron chi connectivity index (χ0n) is 10.2. The highest BCUT2D eigenvalue weighted by Crippen LogP contribution is 2.27. The number of carbonyl (C=O) groups is 1. The van der Waals surface area contributed by atoms with Crippen LogP contribution in [0.5, 0.6) is 0 Å². The SMILES string of the molecule is CC1NCCN(C(=O)C2CCCC2)C1C.Cl. The van der Waals surface area contributed by atoms with Gasteiger partial charge in [0, 0.05) is 31.1 Å². The van der Waals surface area contributed by atoms with Crippen molar-refractivity contribution in [2.75, 3.05) is 13.1 Å². The summed E-state index contributed by atoms with van der Waals surface area (Å²) in [6, 6.07) is 0.788. The second-order valence-corrected chi connectivity index (χ2v) is 5.00. The smallest absolute Gasteiger partial charge is 0.226 e. The molecule has 2 unspecified atom stereocenters. The molecule has 0 spiro atoms. The summed E-state index contributed by atoms with van der Waals surface area (Å²) in [6.07, 6.45) is 4.71. The number of piperazine rings is 1. The number of halogens is 1. The maximum atomic E-state index is 12.3. The van der Waals surface area contributed by atoms with E-state index in [1.165, 1.54) is 12.8 Å². The van der Waals surface area contributed by atoms with Crippen molar-refractivity contribution in [1.82, 2.24) is 10.2 Å². The monoisotopic (exact) mass is 246 g/mol. The Bertz CT molecular complexity index is 241. The minimum atomic E-state index is 0. The molecule has 0 radical (unpaired) electrons. The first-order valence-electron chi connectivity index (χ1n) is 6.24. The fourth-order valence-electron chi connectivity index (χ4n) is 2.77. The number of amides is 1. The molecule has 0 bridgehead atoms. The molecular formula is C12H23ClN2O. The van der Waals surface area contributed by atoms with E-state index >= 15 is 0 Å². The van der Waals surface area contributed by atoms with Gasteiger partial charge < -0.3 is 10.2 Å². The molecule has 0 aromatic carbocycles.